The Balaban J connectivity index is 2.52. The lowest BCUT2D eigenvalue weighted by Gasteiger charge is -2.40. The van der Waals surface area contributed by atoms with Gasteiger partial charge in [0, 0.05) is 6.42 Å². The van der Waals surface area contributed by atoms with Crippen LogP contribution in [0.4, 0.5) is 0 Å². The number of carbonyl (C=O) groups is 1. The fourth-order valence-corrected chi connectivity index (χ4v) is 2.33. The molecular formula is C14H27NO6. The van der Waals surface area contributed by atoms with E-state index in [1.165, 1.54) is 0 Å². The van der Waals surface area contributed by atoms with Crippen LogP contribution in [-0.2, 0) is 9.53 Å². The van der Waals surface area contributed by atoms with Crippen LogP contribution in [0.15, 0.2) is 0 Å². The summed E-state index contributed by atoms with van der Waals surface area (Å²) >= 11 is 0. The number of aliphatic hydroxyl groups excluding tert-OH is 4. The van der Waals surface area contributed by atoms with Crippen molar-refractivity contribution in [1.29, 1.82) is 0 Å². The zero-order chi connectivity index (χ0) is 16.7. The Morgan fingerprint density at radius 3 is 2.48 bits per heavy atom. The Hall–Kier alpha value is -0.730. The predicted molar refractivity (Wildman–Crippen MR) is 75.3 cm³/mol. The van der Waals surface area contributed by atoms with Crippen molar-refractivity contribution < 1.29 is 31.4 Å². The van der Waals surface area contributed by atoms with E-state index in [0.29, 0.717) is 11.7 Å². The molecule has 124 valence electrons. The number of carbonyl (C=O) groups excluding carboxylic acids is 1. The van der Waals surface area contributed by atoms with E-state index < -0.39 is 43.2 Å². The second-order valence-corrected chi connectivity index (χ2v) is 5.41. The van der Waals surface area contributed by atoms with Gasteiger partial charge in [0.1, 0.15) is 24.4 Å². The fourth-order valence-electron chi connectivity index (χ4n) is 2.33. The summed E-state index contributed by atoms with van der Waals surface area (Å²) in [5, 5.41) is 39.0. The van der Waals surface area contributed by atoms with Gasteiger partial charge in [0.2, 0.25) is 5.91 Å². The molecule has 1 unspecified atom stereocenters. The number of unbranched alkanes of at least 4 members (excludes halogenated alkanes) is 4. The third kappa shape index (κ3) is 5.52. The van der Waals surface area contributed by atoms with Gasteiger partial charge in [0.25, 0.3) is 0 Å². The van der Waals surface area contributed by atoms with Crippen LogP contribution in [0.5, 0.6) is 0 Å². The minimum absolute atomic E-state index is 0.142. The lowest BCUT2D eigenvalue weighted by Crippen LogP contribution is -2.64. The van der Waals surface area contributed by atoms with Gasteiger partial charge in [-0.15, -0.1) is 0 Å². The Labute approximate surface area is 126 Å². The van der Waals surface area contributed by atoms with Gasteiger partial charge in [-0.25, -0.2) is 0 Å². The van der Waals surface area contributed by atoms with E-state index in [1.54, 1.807) is 0 Å². The molecule has 1 aliphatic rings. The third-order valence-corrected chi connectivity index (χ3v) is 3.65. The number of hydrogen-bond acceptors (Lipinski definition) is 6. The van der Waals surface area contributed by atoms with Crippen LogP contribution < -0.4 is 5.31 Å². The first-order valence-corrected chi connectivity index (χ1v) is 7.55. The molecule has 0 aromatic carbocycles. The van der Waals surface area contributed by atoms with Crippen LogP contribution >= 0.6 is 0 Å². The zero-order valence-electron chi connectivity index (χ0n) is 13.4. The molecule has 0 saturated carbocycles. The summed E-state index contributed by atoms with van der Waals surface area (Å²) in [5.74, 6) is -0.544. The smallest absolute Gasteiger partial charge is 0.220 e. The molecular weight excluding hydrogens is 278 g/mol. The summed E-state index contributed by atoms with van der Waals surface area (Å²) in [6, 6.07) is -1.37. The van der Waals surface area contributed by atoms with Crippen molar-refractivity contribution in [1.82, 2.24) is 5.31 Å². The third-order valence-electron chi connectivity index (χ3n) is 3.65. The van der Waals surface area contributed by atoms with Crippen molar-refractivity contribution in [3.63, 3.8) is 0 Å². The van der Waals surface area contributed by atoms with Gasteiger partial charge in [-0.2, -0.15) is 0 Å². The van der Waals surface area contributed by atoms with E-state index in [9.17, 15) is 20.1 Å². The number of rotatable bonds is 8. The molecule has 7 heteroatoms. The van der Waals surface area contributed by atoms with E-state index in [-0.39, 0.29) is 6.42 Å². The van der Waals surface area contributed by atoms with Crippen LogP contribution in [0, 0.1) is 0 Å². The lowest BCUT2D eigenvalue weighted by atomic mass is 9.97. The van der Waals surface area contributed by atoms with Gasteiger partial charge in [0.15, 0.2) is 7.70 Å². The summed E-state index contributed by atoms with van der Waals surface area (Å²) < 4.78 is 12.7. The van der Waals surface area contributed by atoms with Crippen LogP contribution in [0.1, 0.15) is 45.4 Å². The van der Waals surface area contributed by atoms with E-state index in [2.05, 4.69) is 6.92 Å². The first-order valence-electron chi connectivity index (χ1n) is 8.00. The molecule has 1 fully saturated rings. The summed E-state index contributed by atoms with van der Waals surface area (Å²) in [6.07, 6.45) is -0.909. The maximum atomic E-state index is 12.0. The normalized spacial score (nSPS) is 33.6. The number of nitrogens with one attached hydrogen (secondary N) is 1. The molecule has 21 heavy (non-hydrogen) atoms. The first-order chi connectivity index (χ1) is 10.4. The molecule has 7 nitrogen and oxygen atoms in total. The fraction of sp³-hybridized carbons (Fsp3) is 0.929. The minimum atomic E-state index is -1.63. The molecule has 0 aromatic heterocycles. The van der Waals surface area contributed by atoms with E-state index in [1.807, 2.05) is 0 Å². The van der Waals surface area contributed by atoms with E-state index in [0.717, 1.165) is 25.7 Å². The molecule has 1 aliphatic heterocycles. The standard InChI is InChI=1S/C14H27NO6/c1-2-3-4-5-6-7-10(17)15-11-13(19)12(18)9(8-16)21-14(11)20/h9,11-14,16,18-20H,2-8H2,1H3,(H,15,17)/t9-,11-,12-,13-,14?/m1/s1/i/hD. The molecule has 0 spiro atoms. The Bertz CT molecular complexity index is 345. The maximum absolute atomic E-state index is 12.0. The number of amides is 1. The second-order valence-electron chi connectivity index (χ2n) is 5.41. The largest absolute Gasteiger partial charge is 0.394 e. The van der Waals surface area contributed by atoms with E-state index >= 15 is 0 Å². The number of aliphatic hydroxyl groups is 4. The van der Waals surface area contributed by atoms with Gasteiger partial charge >= 0.3 is 0 Å². The molecule has 0 bridgehead atoms. The van der Waals surface area contributed by atoms with Crippen molar-refractivity contribution in [2.75, 3.05) is 6.61 Å². The quantitative estimate of drug-likeness (QED) is 0.377. The highest BCUT2D eigenvalue weighted by Crippen LogP contribution is 2.20. The monoisotopic (exact) mass is 306 g/mol. The number of hydrogen-bond donors (Lipinski definition) is 5. The Morgan fingerprint density at radius 2 is 1.86 bits per heavy atom. The van der Waals surface area contributed by atoms with Crippen LogP contribution in [0.3, 0.4) is 0 Å². The Kier molecular flexibility index (Phi) is 7.38. The average Bonchev–Trinajstić information content (AvgIpc) is 2.50. The van der Waals surface area contributed by atoms with Gasteiger partial charge in [-0.3, -0.25) is 4.79 Å². The summed E-state index contributed by atoms with van der Waals surface area (Å²) in [4.78, 5) is 12.0. The van der Waals surface area contributed by atoms with Crippen molar-refractivity contribution in [3.8, 4) is 0 Å². The molecule has 5 atom stereocenters. The molecule has 0 aliphatic carbocycles. The molecule has 0 radical (unpaired) electrons. The maximum Gasteiger partial charge on any atom is 0.220 e. The van der Waals surface area contributed by atoms with Crippen LogP contribution in [0.2, 0.25) is 1.41 Å². The highest BCUT2D eigenvalue weighted by atomic mass is 16.6. The zero-order valence-corrected chi connectivity index (χ0v) is 12.4. The van der Waals surface area contributed by atoms with Crippen molar-refractivity contribution in [2.45, 2.75) is 76.1 Å². The summed E-state index contributed by atoms with van der Waals surface area (Å²) in [7, 11) is 0. The van der Waals surface area contributed by atoms with Crippen LogP contribution in [-0.4, -0.2) is 63.6 Å². The first kappa shape index (κ1) is 16.6. The summed E-state index contributed by atoms with van der Waals surface area (Å²) in [5.41, 5.74) is 0. The Morgan fingerprint density at radius 1 is 1.19 bits per heavy atom. The highest BCUT2D eigenvalue weighted by molar-refractivity contribution is 5.76. The molecule has 1 saturated heterocycles. The minimum Gasteiger partial charge on any atom is -0.394 e. The predicted octanol–water partition coefficient (Wildman–Crippen LogP) is -0.737. The van der Waals surface area contributed by atoms with Gasteiger partial charge < -0.3 is 30.5 Å². The number of ether oxygens (including phenoxy) is 1. The van der Waals surface area contributed by atoms with E-state index in [4.69, 9.17) is 11.3 Å². The summed E-state index contributed by atoms with van der Waals surface area (Å²) in [6.45, 7) is 1.51. The lowest BCUT2D eigenvalue weighted by molar-refractivity contribution is -0.253. The highest BCUT2D eigenvalue weighted by Gasteiger charge is 2.44. The molecule has 1 heterocycles. The van der Waals surface area contributed by atoms with Gasteiger partial charge in [-0.05, 0) is 6.42 Å². The molecule has 1 rings (SSSR count). The molecule has 0 aromatic rings. The van der Waals surface area contributed by atoms with Crippen molar-refractivity contribution >= 4 is 5.91 Å². The topological polar surface area (TPSA) is 119 Å². The van der Waals surface area contributed by atoms with Gasteiger partial charge in [0.05, 0.1) is 6.61 Å². The molecule has 5 N–H and O–H groups in total. The molecule has 1 amide bonds. The second kappa shape index (κ2) is 9.32. The van der Waals surface area contributed by atoms with Crippen molar-refractivity contribution in [2.24, 2.45) is 0 Å². The van der Waals surface area contributed by atoms with Gasteiger partial charge in [-0.1, -0.05) is 32.6 Å². The SMILES string of the molecule is [2H]N(C(=O)CCCCCCC)[C@H]1C(O)O[C@H](CO)[C@@H](O)[C@@H]1O. The van der Waals surface area contributed by atoms with Crippen LogP contribution in [0.25, 0.3) is 0 Å². The average molecular weight is 306 g/mol. The van der Waals surface area contributed by atoms with Crippen molar-refractivity contribution in [3.05, 3.63) is 0 Å².